The van der Waals surface area contributed by atoms with E-state index in [1.54, 1.807) is 19.6 Å². The normalized spacial score (nSPS) is 18.5. The molecule has 2 heterocycles. The van der Waals surface area contributed by atoms with Crippen LogP contribution in [-0.4, -0.2) is 204 Å². The maximum Gasteiger partial charge on any atom is 0.320 e. The van der Waals surface area contributed by atoms with Crippen molar-refractivity contribution in [2.45, 2.75) is 18.9 Å². The molecule has 2 rings (SSSR count). The molecule has 50 heavy (non-hydrogen) atoms. The highest BCUT2D eigenvalue weighted by Gasteiger charge is 2.35. The number of imide groups is 1. The first-order chi connectivity index (χ1) is 23.7. The van der Waals surface area contributed by atoms with Crippen LogP contribution in [0.25, 0.3) is 0 Å². The van der Waals surface area contributed by atoms with Crippen LogP contribution < -0.4 is 5.32 Å². The van der Waals surface area contributed by atoms with Gasteiger partial charge in [0.2, 0.25) is 5.91 Å². The van der Waals surface area contributed by atoms with E-state index in [0.29, 0.717) is 0 Å². The average Bonchev–Trinajstić information content (AvgIpc) is 3.21. The van der Waals surface area contributed by atoms with Crippen LogP contribution in [0, 0.1) is 0 Å². The van der Waals surface area contributed by atoms with E-state index in [4.69, 9.17) is 9.47 Å². The summed E-state index contributed by atoms with van der Waals surface area (Å²) in [6, 6.07) is -1.12. The van der Waals surface area contributed by atoms with Crippen molar-refractivity contribution in [3.63, 3.8) is 0 Å². The number of aliphatic carboxylic acids is 4. The lowest BCUT2D eigenvalue weighted by atomic mass is 10.1. The van der Waals surface area contributed by atoms with Gasteiger partial charge >= 0.3 is 23.9 Å². The van der Waals surface area contributed by atoms with Crippen molar-refractivity contribution in [2.24, 2.45) is 0 Å². The molecule has 1 fully saturated rings. The molecule has 0 radical (unpaired) electrons. The molecule has 0 aromatic carbocycles. The monoisotopic (exact) mass is 842 g/mol. The molecule has 0 saturated carbocycles. The first-order valence-electron chi connectivity index (χ1n) is 15.8. The average molecular weight is 845 g/mol. The molecule has 0 aromatic heterocycles. The van der Waals surface area contributed by atoms with Crippen molar-refractivity contribution >= 4 is 73.5 Å². The van der Waals surface area contributed by atoms with Crippen LogP contribution in [0.4, 0.5) is 0 Å². The minimum absolute atomic E-state index is 0.0647. The molecule has 1 saturated heterocycles. The van der Waals surface area contributed by atoms with E-state index in [0.717, 1.165) is 4.90 Å². The van der Waals surface area contributed by atoms with Crippen LogP contribution >= 0.6 is 31.9 Å². The Labute approximate surface area is 305 Å². The molecule has 1 unspecified atom stereocenters. The number of ether oxygens (including phenoxy) is 2. The highest BCUT2D eigenvalue weighted by molar-refractivity contribution is 9.14. The lowest BCUT2D eigenvalue weighted by molar-refractivity contribution is -0.145. The highest BCUT2D eigenvalue weighted by atomic mass is 79.9. The van der Waals surface area contributed by atoms with Crippen molar-refractivity contribution in [1.29, 1.82) is 0 Å². The zero-order valence-electron chi connectivity index (χ0n) is 27.5. The van der Waals surface area contributed by atoms with Crippen molar-refractivity contribution in [3.8, 4) is 0 Å². The fourth-order valence-corrected chi connectivity index (χ4v) is 5.96. The van der Waals surface area contributed by atoms with Gasteiger partial charge in [-0.3, -0.25) is 58.1 Å². The van der Waals surface area contributed by atoms with Gasteiger partial charge in [0, 0.05) is 65.3 Å². The van der Waals surface area contributed by atoms with E-state index >= 15 is 0 Å². The third-order valence-corrected chi connectivity index (χ3v) is 9.78. The minimum atomic E-state index is -1.19. The molecule has 0 aliphatic carbocycles. The van der Waals surface area contributed by atoms with Crippen LogP contribution in [0.5, 0.6) is 0 Å². The van der Waals surface area contributed by atoms with Gasteiger partial charge < -0.3 is 35.2 Å². The lowest BCUT2D eigenvalue weighted by Crippen LogP contribution is -2.52. The Morgan fingerprint density at radius 1 is 0.660 bits per heavy atom. The van der Waals surface area contributed by atoms with Crippen LogP contribution in [0.1, 0.15) is 12.8 Å². The molecule has 0 aromatic rings. The van der Waals surface area contributed by atoms with Gasteiger partial charge in [-0.05, 0) is 38.3 Å². The van der Waals surface area contributed by atoms with Gasteiger partial charge in [-0.25, -0.2) is 0 Å². The Balaban J connectivity index is 1.85. The van der Waals surface area contributed by atoms with Crippen molar-refractivity contribution in [1.82, 2.24) is 29.8 Å². The van der Waals surface area contributed by atoms with Crippen molar-refractivity contribution in [3.05, 3.63) is 8.96 Å². The first-order valence-corrected chi connectivity index (χ1v) is 17.4. The van der Waals surface area contributed by atoms with Gasteiger partial charge in [-0.2, -0.15) is 0 Å². The number of hydrogen-bond acceptors (Lipinski definition) is 13. The van der Waals surface area contributed by atoms with Gasteiger partial charge in [-0.1, -0.05) is 0 Å². The summed E-state index contributed by atoms with van der Waals surface area (Å²) in [5.74, 6) is -5.78. The number of carbonyl (C=O) groups excluding carboxylic acids is 3. The first kappa shape index (κ1) is 43.1. The molecule has 3 amide bonds. The zero-order chi connectivity index (χ0) is 37.2. The van der Waals surface area contributed by atoms with E-state index in [2.05, 4.69) is 37.2 Å². The van der Waals surface area contributed by atoms with Crippen LogP contribution in [-0.2, 0) is 43.0 Å². The predicted octanol–water partition coefficient (Wildman–Crippen LogP) is -1.79. The van der Waals surface area contributed by atoms with E-state index in [1.807, 2.05) is 0 Å². The summed E-state index contributed by atoms with van der Waals surface area (Å²) in [6.45, 7) is 1.16. The van der Waals surface area contributed by atoms with E-state index < -0.39 is 47.6 Å². The molecule has 19 nitrogen and oxygen atoms in total. The Morgan fingerprint density at radius 2 is 1.08 bits per heavy atom. The van der Waals surface area contributed by atoms with Crippen LogP contribution in [0.2, 0.25) is 0 Å². The number of carboxylic acids is 4. The third kappa shape index (κ3) is 15.9. The summed E-state index contributed by atoms with van der Waals surface area (Å²) in [7, 11) is 0. The SMILES string of the molecule is O=C(O)CN1CCN(CC(=O)O)CCN(C(CCC(=O)NCCOCCOCCN2C(=O)C(Br)=C(Br)C2=O)C(=O)O)CCN(CC(=O)O)CC1. The number of nitrogens with zero attached hydrogens (tertiary/aromatic N) is 5. The van der Waals surface area contributed by atoms with Crippen LogP contribution in [0.15, 0.2) is 8.96 Å². The predicted molar refractivity (Wildman–Crippen MR) is 181 cm³/mol. The lowest BCUT2D eigenvalue weighted by Gasteiger charge is -2.35. The van der Waals surface area contributed by atoms with E-state index in [1.165, 1.54) is 0 Å². The summed E-state index contributed by atoms with van der Waals surface area (Å²) >= 11 is 6.10. The fourth-order valence-electron chi connectivity index (χ4n) is 5.19. The number of carboxylic acid groups (broad SMARTS) is 4. The summed E-state index contributed by atoms with van der Waals surface area (Å²) in [6.07, 6.45) is -0.196. The van der Waals surface area contributed by atoms with E-state index in [-0.39, 0.29) is 133 Å². The molecule has 21 heteroatoms. The Morgan fingerprint density at radius 3 is 1.50 bits per heavy atom. The topological polar surface area (TPSA) is 247 Å². The van der Waals surface area contributed by atoms with Gasteiger partial charge in [0.05, 0.1) is 52.6 Å². The molecular weight excluding hydrogens is 800 g/mol. The summed E-state index contributed by atoms with van der Waals surface area (Å²) < 4.78 is 11.1. The van der Waals surface area contributed by atoms with Crippen LogP contribution in [0.3, 0.4) is 0 Å². The van der Waals surface area contributed by atoms with Gasteiger partial charge in [0.1, 0.15) is 15.0 Å². The molecule has 5 N–H and O–H groups in total. The molecule has 0 spiro atoms. The summed E-state index contributed by atoms with van der Waals surface area (Å²) in [5, 5.41) is 40.9. The Bertz CT molecular complexity index is 1200. The second-order valence-corrected chi connectivity index (χ2v) is 13.0. The van der Waals surface area contributed by atoms with Gasteiger partial charge in [0.25, 0.3) is 11.8 Å². The second-order valence-electron chi connectivity index (χ2n) is 11.4. The molecule has 2 aliphatic rings. The molecular formula is C29H44Br2N6O13. The Hall–Kier alpha value is -3.05. The minimum Gasteiger partial charge on any atom is -0.480 e. The zero-order valence-corrected chi connectivity index (χ0v) is 30.6. The van der Waals surface area contributed by atoms with Crippen molar-refractivity contribution < 1.29 is 63.5 Å². The standard InChI is InChI=1S/C29H44Br2N6O13/c30-25-26(31)28(46)37(27(25)45)12-14-50-16-15-49-13-3-32-21(38)2-1-20(29(47)48)36-10-8-34(18-23(41)42)6-4-33(17-22(39)40)5-7-35(9-11-36)19-24(43)44/h20H,1-19H2,(H,32,38)(H,39,40)(H,41,42)(H,43,44)(H,47,48). The van der Waals surface area contributed by atoms with Crippen molar-refractivity contribution in [2.75, 3.05) is 112 Å². The van der Waals surface area contributed by atoms with Gasteiger partial charge in [0.15, 0.2) is 0 Å². The number of nitrogens with one attached hydrogen (secondary N) is 1. The van der Waals surface area contributed by atoms with Gasteiger partial charge in [-0.15, -0.1) is 0 Å². The van der Waals surface area contributed by atoms with E-state index in [9.17, 15) is 54.0 Å². The second kappa shape index (κ2) is 22.7. The molecule has 2 aliphatic heterocycles. The fraction of sp³-hybridized carbons (Fsp3) is 0.690. The number of amides is 3. The smallest absolute Gasteiger partial charge is 0.320 e. The number of rotatable bonds is 20. The quantitative estimate of drug-likeness (QED) is 0.0671. The number of halogens is 2. The molecule has 282 valence electrons. The third-order valence-electron chi connectivity index (χ3n) is 7.78. The maximum atomic E-state index is 12.5. The highest BCUT2D eigenvalue weighted by Crippen LogP contribution is 2.29. The molecule has 0 bridgehead atoms. The summed E-state index contributed by atoms with van der Waals surface area (Å²) in [5.41, 5.74) is 0. The molecule has 1 atom stereocenters. The Kier molecular flexibility index (Phi) is 19.6. The number of carbonyl (C=O) groups is 7. The maximum absolute atomic E-state index is 12.5. The largest absolute Gasteiger partial charge is 0.480 e. The number of hydrogen-bond donors (Lipinski definition) is 5. The summed E-state index contributed by atoms with van der Waals surface area (Å²) in [4.78, 5) is 90.7.